The highest BCUT2D eigenvalue weighted by Gasteiger charge is 2.22. The van der Waals surface area contributed by atoms with Crippen LogP contribution in [0.2, 0.25) is 0 Å². The molecule has 3 heteroatoms. The van der Waals surface area contributed by atoms with E-state index in [-0.39, 0.29) is 0 Å². The van der Waals surface area contributed by atoms with Crippen LogP contribution in [0.3, 0.4) is 0 Å². The molecule has 3 rings (SSSR count). The van der Waals surface area contributed by atoms with Crippen molar-refractivity contribution in [1.29, 1.82) is 0 Å². The fourth-order valence-electron chi connectivity index (χ4n) is 3.09. The van der Waals surface area contributed by atoms with Crippen molar-refractivity contribution in [3.8, 4) is 5.75 Å². The fraction of sp³-hybridized carbons (Fsp3) is 0.600. The topological polar surface area (TPSA) is 30.5 Å². The minimum Gasteiger partial charge on any atom is -0.496 e. The van der Waals surface area contributed by atoms with Gasteiger partial charge in [-0.05, 0) is 55.5 Å². The number of benzene rings is 1. The minimum absolute atomic E-state index is 0.757. The van der Waals surface area contributed by atoms with E-state index in [0.717, 1.165) is 44.4 Å². The summed E-state index contributed by atoms with van der Waals surface area (Å²) >= 11 is 0. The molecule has 0 unspecified atom stereocenters. The van der Waals surface area contributed by atoms with Gasteiger partial charge in [0, 0.05) is 5.56 Å². The van der Waals surface area contributed by atoms with Crippen LogP contribution in [0, 0.1) is 5.92 Å². The molecule has 1 saturated heterocycles. The highest BCUT2D eigenvalue weighted by Crippen LogP contribution is 2.33. The summed E-state index contributed by atoms with van der Waals surface area (Å²) in [5, 5.41) is 3.43. The van der Waals surface area contributed by atoms with Crippen molar-refractivity contribution in [2.24, 2.45) is 5.92 Å². The summed E-state index contributed by atoms with van der Waals surface area (Å²) in [6, 6.07) is 4.25. The smallest absolute Gasteiger partial charge is 0.122 e. The lowest BCUT2D eigenvalue weighted by Gasteiger charge is -2.24. The third-order valence-electron chi connectivity index (χ3n) is 4.16. The van der Waals surface area contributed by atoms with Crippen LogP contribution in [0.15, 0.2) is 12.1 Å². The van der Waals surface area contributed by atoms with Crippen LogP contribution in [-0.2, 0) is 24.4 Å². The molecule has 0 saturated carbocycles. The molecule has 0 atom stereocenters. The van der Waals surface area contributed by atoms with Gasteiger partial charge >= 0.3 is 0 Å². The lowest BCUT2D eigenvalue weighted by atomic mass is 9.88. The van der Waals surface area contributed by atoms with Crippen molar-refractivity contribution in [3.05, 3.63) is 28.8 Å². The van der Waals surface area contributed by atoms with Gasteiger partial charge in [-0.3, -0.25) is 0 Å². The molecule has 2 aliphatic rings. The number of piperidine rings is 1. The SMILES string of the molecule is COc1ccc2c(c1CC1CCNCC1)COC2. The molecule has 0 radical (unpaired) electrons. The molecular formula is C15H21NO2. The Balaban J connectivity index is 1.86. The van der Waals surface area contributed by atoms with E-state index >= 15 is 0 Å². The normalized spacial score (nSPS) is 19.8. The molecular weight excluding hydrogens is 226 g/mol. The van der Waals surface area contributed by atoms with Crippen molar-refractivity contribution < 1.29 is 9.47 Å². The van der Waals surface area contributed by atoms with E-state index in [1.165, 1.54) is 29.5 Å². The number of ether oxygens (including phenoxy) is 2. The Labute approximate surface area is 108 Å². The van der Waals surface area contributed by atoms with Gasteiger partial charge in [-0.15, -0.1) is 0 Å². The number of fused-ring (bicyclic) bond motifs is 1. The molecule has 0 bridgehead atoms. The highest BCUT2D eigenvalue weighted by atomic mass is 16.5. The Morgan fingerprint density at radius 1 is 1.28 bits per heavy atom. The molecule has 3 nitrogen and oxygen atoms in total. The van der Waals surface area contributed by atoms with Crippen LogP contribution in [0.4, 0.5) is 0 Å². The zero-order chi connectivity index (χ0) is 12.4. The Kier molecular flexibility index (Phi) is 3.52. The Morgan fingerprint density at radius 3 is 2.89 bits per heavy atom. The number of nitrogens with one attached hydrogen (secondary N) is 1. The molecule has 18 heavy (non-hydrogen) atoms. The molecule has 1 N–H and O–H groups in total. The van der Waals surface area contributed by atoms with E-state index < -0.39 is 0 Å². The van der Waals surface area contributed by atoms with Crippen LogP contribution in [0.25, 0.3) is 0 Å². The number of hydrogen-bond donors (Lipinski definition) is 1. The largest absolute Gasteiger partial charge is 0.496 e. The van der Waals surface area contributed by atoms with Crippen molar-refractivity contribution in [3.63, 3.8) is 0 Å². The summed E-state index contributed by atoms with van der Waals surface area (Å²) in [4.78, 5) is 0. The Hall–Kier alpha value is -1.06. The van der Waals surface area contributed by atoms with Gasteiger partial charge in [0.25, 0.3) is 0 Å². The molecule has 0 aromatic heterocycles. The summed E-state index contributed by atoms with van der Waals surface area (Å²) in [6.45, 7) is 3.82. The predicted molar refractivity (Wildman–Crippen MR) is 70.8 cm³/mol. The van der Waals surface area contributed by atoms with E-state index in [1.54, 1.807) is 7.11 Å². The molecule has 1 fully saturated rings. The highest BCUT2D eigenvalue weighted by molar-refractivity contribution is 5.46. The van der Waals surface area contributed by atoms with Gasteiger partial charge in [0.05, 0.1) is 20.3 Å². The molecule has 1 aromatic rings. The predicted octanol–water partition coefficient (Wildman–Crippen LogP) is 2.27. The molecule has 1 aromatic carbocycles. The van der Waals surface area contributed by atoms with Crippen LogP contribution < -0.4 is 10.1 Å². The quantitative estimate of drug-likeness (QED) is 0.888. The first-order valence-corrected chi connectivity index (χ1v) is 6.84. The molecule has 0 amide bonds. The third-order valence-corrected chi connectivity index (χ3v) is 4.16. The van der Waals surface area contributed by atoms with Gasteiger partial charge in [0.2, 0.25) is 0 Å². The maximum absolute atomic E-state index is 5.58. The van der Waals surface area contributed by atoms with Gasteiger partial charge in [0.15, 0.2) is 0 Å². The average Bonchev–Trinajstić information content (AvgIpc) is 2.89. The number of methoxy groups -OCH3 is 1. The maximum Gasteiger partial charge on any atom is 0.122 e. The fourth-order valence-corrected chi connectivity index (χ4v) is 3.09. The second-order valence-corrected chi connectivity index (χ2v) is 5.27. The molecule has 0 spiro atoms. The van der Waals surface area contributed by atoms with Crippen molar-refractivity contribution >= 4 is 0 Å². The van der Waals surface area contributed by atoms with E-state index in [1.807, 2.05) is 0 Å². The van der Waals surface area contributed by atoms with Crippen LogP contribution in [0.5, 0.6) is 5.75 Å². The van der Waals surface area contributed by atoms with E-state index in [4.69, 9.17) is 9.47 Å². The lowest BCUT2D eigenvalue weighted by Crippen LogP contribution is -2.29. The minimum atomic E-state index is 0.757. The first-order valence-electron chi connectivity index (χ1n) is 6.84. The molecule has 0 aliphatic carbocycles. The van der Waals surface area contributed by atoms with Gasteiger partial charge in [-0.25, -0.2) is 0 Å². The molecule has 98 valence electrons. The van der Waals surface area contributed by atoms with Crippen molar-refractivity contribution in [2.75, 3.05) is 20.2 Å². The maximum atomic E-state index is 5.58. The Morgan fingerprint density at radius 2 is 2.11 bits per heavy atom. The average molecular weight is 247 g/mol. The summed E-state index contributed by atoms with van der Waals surface area (Å²) < 4.78 is 11.1. The first kappa shape index (κ1) is 12.0. The standard InChI is InChI=1S/C15H21NO2/c1-17-15-3-2-12-9-18-10-14(12)13(15)8-11-4-6-16-7-5-11/h2-3,11,16H,4-10H2,1H3. The van der Waals surface area contributed by atoms with Gasteiger partial charge < -0.3 is 14.8 Å². The van der Waals surface area contributed by atoms with Gasteiger partial charge in [0.1, 0.15) is 5.75 Å². The van der Waals surface area contributed by atoms with Gasteiger partial charge in [-0.2, -0.15) is 0 Å². The number of hydrogen-bond acceptors (Lipinski definition) is 3. The number of rotatable bonds is 3. The van der Waals surface area contributed by atoms with E-state index in [0.29, 0.717) is 0 Å². The van der Waals surface area contributed by atoms with E-state index in [2.05, 4.69) is 17.4 Å². The second-order valence-electron chi connectivity index (χ2n) is 5.27. The van der Waals surface area contributed by atoms with E-state index in [9.17, 15) is 0 Å². The summed E-state index contributed by atoms with van der Waals surface area (Å²) in [7, 11) is 1.77. The molecule has 2 aliphatic heterocycles. The van der Waals surface area contributed by atoms with Crippen LogP contribution in [0.1, 0.15) is 29.5 Å². The third kappa shape index (κ3) is 2.25. The zero-order valence-corrected chi connectivity index (χ0v) is 11.0. The summed E-state index contributed by atoms with van der Waals surface area (Å²) in [6.07, 6.45) is 3.68. The lowest BCUT2D eigenvalue weighted by molar-refractivity contribution is 0.134. The van der Waals surface area contributed by atoms with Crippen molar-refractivity contribution in [2.45, 2.75) is 32.5 Å². The van der Waals surface area contributed by atoms with Crippen LogP contribution in [-0.4, -0.2) is 20.2 Å². The Bertz CT molecular complexity index is 425. The summed E-state index contributed by atoms with van der Waals surface area (Å²) in [5.74, 6) is 1.82. The first-order chi connectivity index (χ1) is 8.88. The second kappa shape index (κ2) is 5.29. The molecule has 2 heterocycles. The van der Waals surface area contributed by atoms with Crippen LogP contribution >= 0.6 is 0 Å². The van der Waals surface area contributed by atoms with Gasteiger partial charge in [-0.1, -0.05) is 6.07 Å². The monoisotopic (exact) mass is 247 g/mol. The zero-order valence-electron chi connectivity index (χ0n) is 11.0. The van der Waals surface area contributed by atoms with Crippen molar-refractivity contribution in [1.82, 2.24) is 5.32 Å². The summed E-state index contributed by atoms with van der Waals surface area (Å²) in [5.41, 5.74) is 4.12.